The van der Waals surface area contributed by atoms with Crippen LogP contribution in [0, 0.1) is 0 Å². The number of carbonyl (C=O) groups is 1. The number of amides is 1. The van der Waals surface area contributed by atoms with Gasteiger partial charge in [0.05, 0.1) is 12.3 Å². The van der Waals surface area contributed by atoms with E-state index < -0.39 is 0 Å². The molecule has 3 rings (SSSR count). The number of hydrogen-bond donors (Lipinski definition) is 0. The third-order valence-electron chi connectivity index (χ3n) is 3.92. The molecule has 1 aliphatic carbocycles. The maximum atomic E-state index is 11.8. The van der Waals surface area contributed by atoms with Crippen molar-refractivity contribution in [3.8, 4) is 0 Å². The predicted molar refractivity (Wildman–Crippen MR) is 81.8 cm³/mol. The fraction of sp³-hybridized carbons (Fsp3) is 0.412. The molecular formula is C17H20N2O2. The molecule has 0 unspecified atom stereocenters. The van der Waals surface area contributed by atoms with E-state index in [0.29, 0.717) is 13.2 Å². The molecule has 0 aromatic carbocycles. The maximum Gasteiger partial charge on any atom is 0.410 e. The molecule has 0 spiro atoms. The van der Waals surface area contributed by atoms with Crippen molar-refractivity contribution in [3.63, 3.8) is 0 Å². The van der Waals surface area contributed by atoms with E-state index in [1.807, 2.05) is 19.2 Å². The van der Waals surface area contributed by atoms with Gasteiger partial charge in [-0.3, -0.25) is 4.98 Å². The lowest BCUT2D eigenvalue weighted by atomic mass is 9.96. The third kappa shape index (κ3) is 2.84. The minimum absolute atomic E-state index is 0.199. The van der Waals surface area contributed by atoms with E-state index in [0.717, 1.165) is 31.5 Å². The minimum atomic E-state index is -0.199. The van der Waals surface area contributed by atoms with Crippen LogP contribution >= 0.6 is 0 Å². The number of ether oxygens (including phenoxy) is 1. The molecule has 1 aromatic heterocycles. The lowest BCUT2D eigenvalue weighted by molar-refractivity contribution is 0.105. The van der Waals surface area contributed by atoms with E-state index in [9.17, 15) is 4.79 Å². The second-order valence-electron chi connectivity index (χ2n) is 5.36. The molecule has 2 heterocycles. The van der Waals surface area contributed by atoms with Crippen molar-refractivity contribution in [1.29, 1.82) is 0 Å². The zero-order chi connectivity index (χ0) is 14.7. The van der Waals surface area contributed by atoms with Crippen molar-refractivity contribution in [2.75, 3.05) is 19.7 Å². The molecule has 0 atom stereocenters. The maximum absolute atomic E-state index is 11.8. The highest BCUT2D eigenvalue weighted by Crippen LogP contribution is 2.34. The topological polar surface area (TPSA) is 42.4 Å². The summed E-state index contributed by atoms with van der Waals surface area (Å²) < 4.78 is 5.18. The molecule has 0 bridgehead atoms. The number of hydrogen-bond acceptors (Lipinski definition) is 3. The Balaban J connectivity index is 1.68. The molecule has 1 aromatic rings. The first-order valence-corrected chi connectivity index (χ1v) is 7.55. The first-order valence-electron chi connectivity index (χ1n) is 7.55. The van der Waals surface area contributed by atoms with E-state index in [1.165, 1.54) is 16.7 Å². The number of carbonyl (C=O) groups excluding carboxylic acids is 1. The molecule has 21 heavy (non-hydrogen) atoms. The van der Waals surface area contributed by atoms with Gasteiger partial charge < -0.3 is 9.64 Å². The van der Waals surface area contributed by atoms with Crippen LogP contribution in [0.15, 0.2) is 36.1 Å². The van der Waals surface area contributed by atoms with Crippen molar-refractivity contribution in [3.05, 3.63) is 47.3 Å². The molecule has 1 amide bonds. The zero-order valence-corrected chi connectivity index (χ0v) is 12.3. The Labute approximate surface area is 125 Å². The lowest BCUT2D eigenvalue weighted by Gasteiger charge is -2.26. The summed E-state index contributed by atoms with van der Waals surface area (Å²) in [5, 5.41) is 0. The number of allylic oxidation sites excluding steroid dienone is 2. The quantitative estimate of drug-likeness (QED) is 0.856. The molecule has 0 saturated heterocycles. The number of fused-ring (bicyclic) bond motifs is 1. The number of nitrogens with zero attached hydrogens (tertiary/aromatic N) is 2. The van der Waals surface area contributed by atoms with Gasteiger partial charge in [0.1, 0.15) is 0 Å². The second kappa shape index (κ2) is 6.12. The summed E-state index contributed by atoms with van der Waals surface area (Å²) in [6.07, 6.45) is 8.67. The highest BCUT2D eigenvalue weighted by molar-refractivity contribution is 5.83. The van der Waals surface area contributed by atoms with E-state index in [-0.39, 0.29) is 6.09 Å². The Morgan fingerprint density at radius 1 is 1.43 bits per heavy atom. The summed E-state index contributed by atoms with van der Waals surface area (Å²) in [5.74, 6) is 0. The van der Waals surface area contributed by atoms with Gasteiger partial charge in [0.2, 0.25) is 0 Å². The minimum Gasteiger partial charge on any atom is -0.449 e. The van der Waals surface area contributed by atoms with Crippen LogP contribution in [0.1, 0.15) is 31.0 Å². The predicted octanol–water partition coefficient (Wildman–Crippen LogP) is 3.20. The molecule has 0 fully saturated rings. The van der Waals surface area contributed by atoms with Gasteiger partial charge in [-0.05, 0) is 30.1 Å². The van der Waals surface area contributed by atoms with Gasteiger partial charge in [0.25, 0.3) is 0 Å². The first kappa shape index (κ1) is 13.9. The Hall–Kier alpha value is -2.10. The van der Waals surface area contributed by atoms with Crippen LogP contribution in [0.5, 0.6) is 0 Å². The zero-order valence-electron chi connectivity index (χ0n) is 12.3. The van der Waals surface area contributed by atoms with Crippen molar-refractivity contribution in [2.45, 2.75) is 26.2 Å². The molecule has 2 aliphatic rings. The van der Waals surface area contributed by atoms with E-state index in [1.54, 1.807) is 4.90 Å². The number of rotatable bonds is 3. The van der Waals surface area contributed by atoms with Crippen LogP contribution in [-0.2, 0) is 11.2 Å². The lowest BCUT2D eigenvalue weighted by Crippen LogP contribution is -2.35. The van der Waals surface area contributed by atoms with Gasteiger partial charge in [0.15, 0.2) is 0 Å². The Morgan fingerprint density at radius 2 is 2.33 bits per heavy atom. The number of pyridine rings is 1. The fourth-order valence-electron chi connectivity index (χ4n) is 2.82. The summed E-state index contributed by atoms with van der Waals surface area (Å²) in [5.41, 5.74) is 5.00. The summed E-state index contributed by atoms with van der Waals surface area (Å²) in [6, 6.07) is 4.11. The largest absolute Gasteiger partial charge is 0.449 e. The molecule has 4 nitrogen and oxygen atoms in total. The smallest absolute Gasteiger partial charge is 0.410 e. The van der Waals surface area contributed by atoms with Crippen LogP contribution in [0.2, 0.25) is 0 Å². The van der Waals surface area contributed by atoms with Gasteiger partial charge >= 0.3 is 6.09 Å². The molecule has 110 valence electrons. The van der Waals surface area contributed by atoms with Gasteiger partial charge in [-0.25, -0.2) is 4.79 Å². The van der Waals surface area contributed by atoms with Gasteiger partial charge in [-0.1, -0.05) is 25.1 Å². The summed E-state index contributed by atoms with van der Waals surface area (Å²) in [6.45, 7) is 3.85. The van der Waals surface area contributed by atoms with E-state index >= 15 is 0 Å². The third-order valence-corrected chi connectivity index (χ3v) is 3.92. The molecule has 0 saturated carbocycles. The fourth-order valence-corrected chi connectivity index (χ4v) is 2.82. The monoisotopic (exact) mass is 284 g/mol. The average Bonchev–Trinajstić information content (AvgIpc) is 2.97. The van der Waals surface area contributed by atoms with Crippen LogP contribution in [0.4, 0.5) is 4.79 Å². The highest BCUT2D eigenvalue weighted by Gasteiger charge is 2.23. The van der Waals surface area contributed by atoms with Crippen LogP contribution in [0.3, 0.4) is 0 Å². The number of aromatic nitrogens is 1. The van der Waals surface area contributed by atoms with Crippen molar-refractivity contribution < 1.29 is 9.53 Å². The van der Waals surface area contributed by atoms with E-state index in [2.05, 4.69) is 23.2 Å². The molecular weight excluding hydrogens is 264 g/mol. The van der Waals surface area contributed by atoms with Crippen LogP contribution in [0.25, 0.3) is 5.57 Å². The molecule has 1 aliphatic heterocycles. The summed E-state index contributed by atoms with van der Waals surface area (Å²) in [4.78, 5) is 18.0. The standard InChI is InChI=1S/C17H20N2O2/c1-2-12-21-17(20)19-10-7-13(8-11-19)14-5-6-16-15(14)4-3-9-18-16/h3-5,7,9H,2,6,8,10-12H2,1H3. The normalized spacial score (nSPS) is 17.1. The Bertz CT molecular complexity index is 605. The average molecular weight is 284 g/mol. The van der Waals surface area contributed by atoms with Crippen LogP contribution < -0.4 is 0 Å². The Kier molecular flexibility index (Phi) is 4.04. The molecule has 0 N–H and O–H groups in total. The van der Waals surface area contributed by atoms with Gasteiger partial charge in [-0.2, -0.15) is 0 Å². The summed E-state index contributed by atoms with van der Waals surface area (Å²) in [7, 11) is 0. The van der Waals surface area contributed by atoms with Crippen molar-refractivity contribution >= 4 is 11.7 Å². The molecule has 0 radical (unpaired) electrons. The second-order valence-corrected chi connectivity index (χ2v) is 5.36. The van der Waals surface area contributed by atoms with Gasteiger partial charge in [-0.15, -0.1) is 0 Å². The summed E-state index contributed by atoms with van der Waals surface area (Å²) >= 11 is 0. The SMILES string of the molecule is CCCOC(=O)N1CC=C(C2=CCc3ncccc32)CC1. The van der Waals surface area contributed by atoms with E-state index in [4.69, 9.17) is 4.74 Å². The van der Waals surface area contributed by atoms with Crippen molar-refractivity contribution in [2.24, 2.45) is 0 Å². The van der Waals surface area contributed by atoms with Crippen molar-refractivity contribution in [1.82, 2.24) is 9.88 Å². The first-order chi connectivity index (χ1) is 10.3. The van der Waals surface area contributed by atoms with Gasteiger partial charge in [0, 0.05) is 31.3 Å². The van der Waals surface area contributed by atoms with Crippen LogP contribution in [-0.4, -0.2) is 35.7 Å². The Morgan fingerprint density at radius 3 is 3.10 bits per heavy atom. The highest BCUT2D eigenvalue weighted by atomic mass is 16.6. The molecule has 4 heteroatoms.